The minimum absolute atomic E-state index is 0.0247. The number of amides is 1. The maximum atomic E-state index is 12.4. The maximum Gasteiger partial charge on any atom is 0.335 e. The summed E-state index contributed by atoms with van der Waals surface area (Å²) < 4.78 is 0.970. The molecule has 2 N–H and O–H groups in total. The van der Waals surface area contributed by atoms with E-state index in [4.69, 9.17) is 0 Å². The molecule has 0 radical (unpaired) electrons. The molecule has 0 saturated heterocycles. The fourth-order valence-electron chi connectivity index (χ4n) is 3.18. The number of benzene rings is 2. The summed E-state index contributed by atoms with van der Waals surface area (Å²) in [5, 5.41) is 11.6. The summed E-state index contributed by atoms with van der Waals surface area (Å²) in [5.41, 5.74) is -0.487. The zero-order valence-corrected chi connectivity index (χ0v) is 14.4. The van der Waals surface area contributed by atoms with E-state index in [-0.39, 0.29) is 11.1 Å². The largest absolute Gasteiger partial charge is 0.494 e. The second-order valence-electron chi connectivity index (χ2n) is 6.12. The molecule has 134 valence electrons. The first-order valence-electron chi connectivity index (χ1n) is 8.41. The molecule has 1 aliphatic heterocycles. The Morgan fingerprint density at radius 3 is 2.44 bits per heavy atom. The maximum absolute atomic E-state index is 12.4. The summed E-state index contributed by atoms with van der Waals surface area (Å²) >= 11 is 0. The van der Waals surface area contributed by atoms with Crippen LogP contribution in [0.3, 0.4) is 0 Å². The van der Waals surface area contributed by atoms with Crippen molar-refractivity contribution < 1.29 is 9.90 Å². The van der Waals surface area contributed by atoms with Crippen LogP contribution in [0.2, 0.25) is 0 Å². The average Bonchev–Trinajstić information content (AvgIpc) is 2.98. The van der Waals surface area contributed by atoms with Gasteiger partial charge in [-0.2, -0.15) is 0 Å². The second kappa shape index (κ2) is 6.21. The number of para-hydroxylation sites is 1. The molecule has 1 amide bonds. The minimum Gasteiger partial charge on any atom is -0.494 e. The molecule has 7 nitrogen and oxygen atoms in total. The van der Waals surface area contributed by atoms with Gasteiger partial charge in [-0.15, -0.1) is 0 Å². The van der Waals surface area contributed by atoms with Gasteiger partial charge in [-0.05, 0) is 30.2 Å². The molecule has 0 spiro atoms. The highest BCUT2D eigenvalue weighted by molar-refractivity contribution is 6.21. The van der Waals surface area contributed by atoms with Crippen molar-refractivity contribution in [3.05, 3.63) is 91.1 Å². The monoisotopic (exact) mass is 361 g/mol. The highest BCUT2D eigenvalue weighted by Gasteiger charge is 2.26. The Labute approximate surface area is 152 Å². The van der Waals surface area contributed by atoms with E-state index in [0.29, 0.717) is 16.3 Å². The van der Waals surface area contributed by atoms with Gasteiger partial charge in [-0.25, -0.2) is 14.4 Å². The first-order chi connectivity index (χ1) is 13.0. The first kappa shape index (κ1) is 16.7. The number of carbonyl (C=O) groups excluding carboxylic acids is 1. The Kier molecular flexibility index (Phi) is 3.84. The molecule has 1 aliphatic rings. The molecule has 0 saturated carbocycles. The number of hydrogen-bond donors (Lipinski definition) is 2. The van der Waals surface area contributed by atoms with Crippen LogP contribution in [0.25, 0.3) is 11.3 Å². The number of H-pyrrole nitrogens is 1. The summed E-state index contributed by atoms with van der Waals surface area (Å²) in [4.78, 5) is 43.3. The number of nitrogens with zero attached hydrogens (tertiary/aromatic N) is 2. The topological polar surface area (TPSA) is 105 Å². The Balaban J connectivity index is 2.05. The van der Waals surface area contributed by atoms with E-state index in [1.807, 2.05) is 19.1 Å². The minimum atomic E-state index is -0.839. The van der Waals surface area contributed by atoms with Gasteiger partial charge in [0, 0.05) is 5.22 Å². The van der Waals surface area contributed by atoms with Crippen molar-refractivity contribution >= 4 is 11.5 Å². The lowest BCUT2D eigenvalue weighted by Gasteiger charge is -2.12. The smallest absolute Gasteiger partial charge is 0.335 e. The van der Waals surface area contributed by atoms with E-state index in [2.05, 4.69) is 9.98 Å². The normalized spacial score (nSPS) is 12.8. The van der Waals surface area contributed by atoms with Crippen LogP contribution in [0.4, 0.5) is 0 Å². The van der Waals surface area contributed by atoms with Crippen LogP contribution in [-0.2, 0) is 11.2 Å². The van der Waals surface area contributed by atoms with Gasteiger partial charge in [-0.3, -0.25) is 14.6 Å². The molecule has 0 fully saturated rings. The van der Waals surface area contributed by atoms with Gasteiger partial charge in [0.15, 0.2) is 0 Å². The summed E-state index contributed by atoms with van der Waals surface area (Å²) in [6, 6.07) is 13.7. The molecule has 4 rings (SSSR count). The zero-order valence-electron chi connectivity index (χ0n) is 14.4. The second-order valence-corrected chi connectivity index (χ2v) is 6.12. The lowest BCUT2D eigenvalue weighted by Crippen LogP contribution is -2.33. The van der Waals surface area contributed by atoms with Crippen molar-refractivity contribution in [2.24, 2.45) is 4.99 Å². The van der Waals surface area contributed by atoms with Crippen LogP contribution in [0.5, 0.6) is 5.88 Å². The number of aromatic hydroxyl groups is 1. The predicted octanol–water partition coefficient (Wildman–Crippen LogP) is 0.153. The third-order valence-electron chi connectivity index (χ3n) is 4.55. The van der Waals surface area contributed by atoms with Crippen molar-refractivity contribution in [3.63, 3.8) is 0 Å². The lowest BCUT2D eigenvalue weighted by molar-refractivity contribution is -0.112. The molecule has 0 aliphatic carbocycles. The summed E-state index contributed by atoms with van der Waals surface area (Å²) in [6.45, 7) is 2.00. The van der Waals surface area contributed by atoms with Crippen molar-refractivity contribution in [3.8, 4) is 11.6 Å². The summed E-state index contributed by atoms with van der Waals surface area (Å²) in [7, 11) is 0. The molecule has 7 heteroatoms. The number of rotatable bonds is 3. The third-order valence-corrected chi connectivity index (χ3v) is 4.55. The Morgan fingerprint density at radius 2 is 1.74 bits per heavy atom. The van der Waals surface area contributed by atoms with Crippen LogP contribution >= 0.6 is 0 Å². The first-order valence-corrected chi connectivity index (χ1v) is 8.41. The molecular weight excluding hydrogens is 346 g/mol. The number of nitrogens with one attached hydrogen (secondary N) is 1. The summed E-state index contributed by atoms with van der Waals surface area (Å²) in [6.07, 6.45) is 0.822. The van der Waals surface area contributed by atoms with Gasteiger partial charge in [0.1, 0.15) is 5.56 Å². The van der Waals surface area contributed by atoms with E-state index in [1.165, 1.54) is 0 Å². The molecule has 0 atom stereocenters. The molecular formula is C20H15N3O4. The van der Waals surface area contributed by atoms with Crippen molar-refractivity contribution in [1.29, 1.82) is 0 Å². The van der Waals surface area contributed by atoms with Crippen molar-refractivity contribution in [1.82, 2.24) is 9.55 Å². The Bertz CT molecular complexity index is 1320. The van der Waals surface area contributed by atoms with Gasteiger partial charge >= 0.3 is 5.69 Å². The van der Waals surface area contributed by atoms with Gasteiger partial charge in [0.2, 0.25) is 5.88 Å². The van der Waals surface area contributed by atoms with Gasteiger partial charge < -0.3 is 5.11 Å². The highest BCUT2D eigenvalue weighted by Crippen LogP contribution is 2.23. The van der Waals surface area contributed by atoms with E-state index in [0.717, 1.165) is 16.6 Å². The Hall–Kier alpha value is -3.74. The van der Waals surface area contributed by atoms with Crippen molar-refractivity contribution in [2.75, 3.05) is 0 Å². The number of aryl methyl sites for hydroxylation is 1. The number of aromatic amines is 1. The van der Waals surface area contributed by atoms with Crippen LogP contribution in [0.15, 0.2) is 63.1 Å². The SMILES string of the molecule is CCc1ccc(-n2c(O)c(C3=c4ccccc4=NC3=O)c(=O)[nH]c2=O)cc1. The van der Waals surface area contributed by atoms with Gasteiger partial charge in [-0.1, -0.05) is 37.3 Å². The molecule has 27 heavy (non-hydrogen) atoms. The molecule has 1 aromatic heterocycles. The molecule has 2 heterocycles. The fourth-order valence-corrected chi connectivity index (χ4v) is 3.18. The lowest BCUT2D eigenvalue weighted by atomic mass is 10.1. The van der Waals surface area contributed by atoms with Crippen LogP contribution in [-0.4, -0.2) is 20.6 Å². The van der Waals surface area contributed by atoms with Crippen LogP contribution in [0, 0.1) is 0 Å². The van der Waals surface area contributed by atoms with Gasteiger partial charge in [0.05, 0.1) is 16.6 Å². The van der Waals surface area contributed by atoms with E-state index >= 15 is 0 Å². The number of aromatic nitrogens is 2. The van der Waals surface area contributed by atoms with Gasteiger partial charge in [0.25, 0.3) is 11.5 Å². The Morgan fingerprint density at radius 1 is 1.04 bits per heavy atom. The van der Waals surface area contributed by atoms with E-state index in [9.17, 15) is 19.5 Å². The number of carbonyl (C=O) groups is 1. The van der Waals surface area contributed by atoms with Crippen LogP contribution < -0.4 is 21.8 Å². The number of hydrogen-bond acceptors (Lipinski definition) is 4. The van der Waals surface area contributed by atoms with Crippen LogP contribution in [0.1, 0.15) is 18.1 Å². The molecule has 3 aromatic rings. The highest BCUT2D eigenvalue weighted by atomic mass is 16.3. The zero-order chi connectivity index (χ0) is 19.1. The quantitative estimate of drug-likeness (QED) is 0.693. The van der Waals surface area contributed by atoms with E-state index < -0.39 is 23.0 Å². The molecule has 0 bridgehead atoms. The number of fused-ring (bicyclic) bond motifs is 1. The molecule has 0 unspecified atom stereocenters. The van der Waals surface area contributed by atoms with Crippen molar-refractivity contribution in [2.45, 2.75) is 13.3 Å². The average molecular weight is 361 g/mol. The fraction of sp³-hybridized carbons (Fsp3) is 0.100. The standard InChI is InChI=1S/C20H15N3O4/c1-2-11-7-9-12(10-8-11)23-19(26)16(18(25)22-20(23)27)15-13-5-3-4-6-14(13)21-17(15)24/h3-10,26H,2H2,1H3,(H,22,25,27). The predicted molar refractivity (Wildman–Crippen MR) is 98.4 cm³/mol. The van der Waals surface area contributed by atoms with E-state index in [1.54, 1.807) is 36.4 Å². The molecule has 2 aromatic carbocycles. The summed E-state index contributed by atoms with van der Waals surface area (Å²) in [5.74, 6) is -1.23. The third kappa shape index (κ3) is 2.60.